The fourth-order valence-corrected chi connectivity index (χ4v) is 4.29. The molecule has 128 valence electrons. The summed E-state index contributed by atoms with van der Waals surface area (Å²) in [5, 5.41) is 2.67. The van der Waals surface area contributed by atoms with Crippen LogP contribution in [0.25, 0.3) is 0 Å². The number of hydrogen-bond acceptors (Lipinski definition) is 3. The van der Waals surface area contributed by atoms with Crippen molar-refractivity contribution in [1.82, 2.24) is 10.2 Å². The molecule has 5 nitrogen and oxygen atoms in total. The van der Waals surface area contributed by atoms with Crippen LogP contribution in [0, 0.1) is 11.8 Å². The Morgan fingerprint density at radius 1 is 1.38 bits per heavy atom. The third-order valence-electron chi connectivity index (χ3n) is 5.94. The monoisotopic (exact) mass is 328 g/mol. The summed E-state index contributed by atoms with van der Waals surface area (Å²) in [6.07, 6.45) is 2.43. The molecule has 2 saturated heterocycles. The molecule has 1 aliphatic carbocycles. The van der Waals surface area contributed by atoms with Crippen molar-refractivity contribution in [3.8, 4) is 0 Å². The summed E-state index contributed by atoms with van der Waals surface area (Å²) in [7, 11) is 0. The maximum atomic E-state index is 12.8. The van der Waals surface area contributed by atoms with Gasteiger partial charge in [-0.1, -0.05) is 31.2 Å². The number of likely N-dealkylation sites (tertiary alicyclic amines) is 1. The van der Waals surface area contributed by atoms with Gasteiger partial charge in [0.1, 0.15) is 0 Å². The van der Waals surface area contributed by atoms with Gasteiger partial charge in [-0.2, -0.15) is 0 Å². The van der Waals surface area contributed by atoms with E-state index in [1.165, 1.54) is 17.5 Å². The Morgan fingerprint density at radius 3 is 2.92 bits per heavy atom. The van der Waals surface area contributed by atoms with Gasteiger partial charge in [0.15, 0.2) is 0 Å². The van der Waals surface area contributed by atoms with E-state index < -0.39 is 6.09 Å². The minimum atomic E-state index is -0.415. The molecule has 0 bridgehead atoms. The standard InChI is InChI=1S/C19H24N2O3/c1-2-13-3-5-15(6-4-13)19-9-16(19)11-21(12-19)17(22)14-7-8-24-18(23)20-10-14/h3-6,14,16H,2,7-12H2,1H3,(H,20,23)/t14-,16?,19?/m1/s1. The number of ether oxygens (including phenoxy) is 1. The fourth-order valence-electron chi connectivity index (χ4n) is 4.29. The molecular formula is C19H24N2O3. The number of cyclic esters (lactones) is 1. The molecule has 3 fully saturated rings. The second-order valence-corrected chi connectivity index (χ2v) is 7.33. The molecule has 24 heavy (non-hydrogen) atoms. The molecular weight excluding hydrogens is 304 g/mol. The lowest BCUT2D eigenvalue weighted by molar-refractivity contribution is -0.135. The molecule has 1 aromatic carbocycles. The van der Waals surface area contributed by atoms with E-state index in [0.717, 1.165) is 19.5 Å². The van der Waals surface area contributed by atoms with E-state index in [1.54, 1.807) is 0 Å². The van der Waals surface area contributed by atoms with Gasteiger partial charge in [-0.05, 0) is 36.3 Å². The Morgan fingerprint density at radius 2 is 2.17 bits per heavy atom. The van der Waals surface area contributed by atoms with Gasteiger partial charge in [-0.15, -0.1) is 0 Å². The van der Waals surface area contributed by atoms with Crippen LogP contribution in [0.15, 0.2) is 24.3 Å². The van der Waals surface area contributed by atoms with Crippen molar-refractivity contribution in [2.75, 3.05) is 26.2 Å². The van der Waals surface area contributed by atoms with Gasteiger partial charge in [0.05, 0.1) is 12.5 Å². The van der Waals surface area contributed by atoms with Crippen molar-refractivity contribution < 1.29 is 14.3 Å². The van der Waals surface area contributed by atoms with Crippen LogP contribution in [0.4, 0.5) is 4.79 Å². The first kappa shape index (κ1) is 15.5. The molecule has 2 unspecified atom stereocenters. The molecule has 4 rings (SSSR count). The van der Waals surface area contributed by atoms with Crippen molar-refractivity contribution >= 4 is 12.0 Å². The number of amides is 2. The van der Waals surface area contributed by atoms with Crippen LogP contribution >= 0.6 is 0 Å². The maximum Gasteiger partial charge on any atom is 0.407 e. The molecule has 2 amide bonds. The van der Waals surface area contributed by atoms with Crippen molar-refractivity contribution in [2.24, 2.45) is 11.8 Å². The summed E-state index contributed by atoms with van der Waals surface area (Å²) < 4.78 is 4.97. The zero-order valence-electron chi connectivity index (χ0n) is 14.1. The average molecular weight is 328 g/mol. The summed E-state index contributed by atoms with van der Waals surface area (Å²) in [5.41, 5.74) is 2.90. The number of nitrogens with one attached hydrogen (secondary N) is 1. The lowest BCUT2D eigenvalue weighted by Crippen LogP contribution is -2.41. The van der Waals surface area contributed by atoms with Crippen molar-refractivity contribution in [3.05, 3.63) is 35.4 Å². The molecule has 1 N–H and O–H groups in total. The predicted molar refractivity (Wildman–Crippen MR) is 89.6 cm³/mol. The zero-order valence-corrected chi connectivity index (χ0v) is 14.1. The van der Waals surface area contributed by atoms with Crippen LogP contribution in [0.2, 0.25) is 0 Å². The Labute approximate surface area is 142 Å². The number of nitrogens with zero attached hydrogens (tertiary/aromatic N) is 1. The van der Waals surface area contributed by atoms with E-state index in [-0.39, 0.29) is 17.2 Å². The van der Waals surface area contributed by atoms with E-state index in [2.05, 4.69) is 36.5 Å². The second-order valence-electron chi connectivity index (χ2n) is 7.33. The third-order valence-corrected chi connectivity index (χ3v) is 5.94. The number of alkyl carbamates (subject to hydrolysis) is 1. The van der Waals surface area contributed by atoms with Crippen molar-refractivity contribution in [1.29, 1.82) is 0 Å². The highest BCUT2D eigenvalue weighted by molar-refractivity contribution is 5.81. The Hall–Kier alpha value is -2.04. The molecule has 2 aliphatic heterocycles. The number of aryl methyl sites for hydroxylation is 1. The summed E-state index contributed by atoms with van der Waals surface area (Å²) >= 11 is 0. The number of benzene rings is 1. The molecule has 0 aromatic heterocycles. The van der Waals surface area contributed by atoms with E-state index in [9.17, 15) is 9.59 Å². The largest absolute Gasteiger partial charge is 0.450 e. The summed E-state index contributed by atoms with van der Waals surface area (Å²) in [4.78, 5) is 26.1. The number of carbonyl (C=O) groups excluding carboxylic acids is 2. The van der Waals surface area contributed by atoms with Crippen molar-refractivity contribution in [2.45, 2.75) is 31.6 Å². The van der Waals surface area contributed by atoms with Crippen LogP contribution < -0.4 is 5.32 Å². The van der Waals surface area contributed by atoms with Gasteiger partial charge < -0.3 is 15.0 Å². The highest BCUT2D eigenvalue weighted by Crippen LogP contribution is 2.59. The quantitative estimate of drug-likeness (QED) is 0.924. The number of piperidine rings is 1. The summed E-state index contributed by atoms with van der Waals surface area (Å²) in [6.45, 7) is 4.53. The lowest BCUT2D eigenvalue weighted by Gasteiger charge is -2.25. The van der Waals surface area contributed by atoms with Crippen LogP contribution in [0.1, 0.15) is 30.9 Å². The summed E-state index contributed by atoms with van der Waals surface area (Å²) in [6, 6.07) is 8.91. The van der Waals surface area contributed by atoms with E-state index >= 15 is 0 Å². The van der Waals surface area contributed by atoms with Gasteiger partial charge in [0.2, 0.25) is 5.91 Å². The first-order chi connectivity index (χ1) is 11.6. The summed E-state index contributed by atoms with van der Waals surface area (Å²) in [5.74, 6) is 0.594. The second kappa shape index (κ2) is 5.80. The number of fused-ring (bicyclic) bond motifs is 1. The SMILES string of the molecule is CCc1ccc(C23CC2CN(C(=O)[C@@H]2CCOC(=O)NC2)C3)cc1. The van der Waals surface area contributed by atoms with Gasteiger partial charge in [-0.3, -0.25) is 4.79 Å². The van der Waals surface area contributed by atoms with Crippen LogP contribution in [0.5, 0.6) is 0 Å². The number of carbonyl (C=O) groups is 2. The minimum Gasteiger partial charge on any atom is -0.450 e. The number of rotatable bonds is 3. The normalized spacial score (nSPS) is 31.7. The first-order valence-corrected chi connectivity index (χ1v) is 8.91. The van der Waals surface area contributed by atoms with Gasteiger partial charge in [-0.25, -0.2) is 4.79 Å². The Bertz CT molecular complexity index is 657. The molecule has 2 heterocycles. The molecule has 3 atom stereocenters. The zero-order chi connectivity index (χ0) is 16.7. The first-order valence-electron chi connectivity index (χ1n) is 8.91. The molecule has 0 radical (unpaired) electrons. The molecule has 3 aliphatic rings. The topological polar surface area (TPSA) is 58.6 Å². The smallest absolute Gasteiger partial charge is 0.407 e. The molecule has 1 aromatic rings. The maximum absolute atomic E-state index is 12.8. The number of hydrogen-bond donors (Lipinski definition) is 1. The third kappa shape index (κ3) is 2.56. The van der Waals surface area contributed by atoms with E-state index in [0.29, 0.717) is 25.5 Å². The molecule has 5 heteroatoms. The van der Waals surface area contributed by atoms with Crippen molar-refractivity contribution in [3.63, 3.8) is 0 Å². The van der Waals surface area contributed by atoms with Gasteiger partial charge in [0.25, 0.3) is 0 Å². The predicted octanol–water partition coefficient (Wildman–Crippen LogP) is 2.09. The highest BCUT2D eigenvalue weighted by Gasteiger charge is 2.61. The van der Waals surface area contributed by atoms with E-state index in [1.807, 2.05) is 4.90 Å². The molecule has 0 spiro atoms. The Kier molecular flexibility index (Phi) is 3.74. The molecule has 1 saturated carbocycles. The lowest BCUT2D eigenvalue weighted by atomic mass is 9.93. The highest BCUT2D eigenvalue weighted by atomic mass is 16.5. The van der Waals surface area contributed by atoms with Crippen LogP contribution in [0.3, 0.4) is 0 Å². The van der Waals surface area contributed by atoms with Crippen LogP contribution in [-0.4, -0.2) is 43.1 Å². The van der Waals surface area contributed by atoms with Gasteiger partial charge in [0, 0.05) is 25.0 Å². The minimum absolute atomic E-state index is 0.159. The fraction of sp³-hybridized carbons (Fsp3) is 0.579. The van der Waals surface area contributed by atoms with Crippen LogP contribution in [-0.2, 0) is 21.4 Å². The van der Waals surface area contributed by atoms with Gasteiger partial charge >= 0.3 is 6.09 Å². The average Bonchev–Trinajstić information content (AvgIpc) is 3.25. The Balaban J connectivity index is 1.44. The van der Waals surface area contributed by atoms with E-state index in [4.69, 9.17) is 4.74 Å².